The maximum absolute atomic E-state index is 12.8. The van der Waals surface area contributed by atoms with Crippen LogP contribution in [0.25, 0.3) is 0 Å². The van der Waals surface area contributed by atoms with Crippen LogP contribution in [0.15, 0.2) is 9.31 Å². The first-order valence-electron chi connectivity index (χ1n) is 6.43. The molecule has 1 heterocycles. The highest BCUT2D eigenvalue weighted by Crippen LogP contribution is 2.31. The van der Waals surface area contributed by atoms with Crippen LogP contribution in [-0.4, -0.2) is 37.8 Å². The third-order valence-electron chi connectivity index (χ3n) is 3.44. The normalized spacial score (nSPS) is 13.9. The van der Waals surface area contributed by atoms with Crippen molar-refractivity contribution in [3.63, 3.8) is 0 Å². The molecule has 0 aliphatic heterocycles. The van der Waals surface area contributed by atoms with E-state index in [4.69, 9.17) is 16.0 Å². The molecule has 0 aliphatic rings. The van der Waals surface area contributed by atoms with E-state index >= 15 is 0 Å². The summed E-state index contributed by atoms with van der Waals surface area (Å²) in [6.45, 7) is 5.39. The Hall–Kier alpha value is -0.170. The molecule has 20 heavy (non-hydrogen) atoms. The van der Waals surface area contributed by atoms with E-state index in [0.717, 1.165) is 12.2 Å². The first-order valence-corrected chi connectivity index (χ1v) is 9.79. The van der Waals surface area contributed by atoms with Crippen LogP contribution in [0.2, 0.25) is 0 Å². The minimum atomic E-state index is -3.58. The summed E-state index contributed by atoms with van der Waals surface area (Å²) in [6.07, 6.45) is 2.74. The topological polar surface area (TPSA) is 50.5 Å². The molecule has 0 aromatic carbocycles. The van der Waals surface area contributed by atoms with Gasteiger partial charge in [-0.15, -0.1) is 11.6 Å². The molecule has 0 N–H and O–H groups in total. The Morgan fingerprint density at radius 1 is 1.35 bits per heavy atom. The van der Waals surface area contributed by atoms with Crippen LogP contribution in [0.5, 0.6) is 0 Å². The van der Waals surface area contributed by atoms with Crippen molar-refractivity contribution in [1.82, 2.24) is 4.31 Å². The molecule has 0 aliphatic carbocycles. The van der Waals surface area contributed by atoms with Crippen molar-refractivity contribution in [2.24, 2.45) is 0 Å². The van der Waals surface area contributed by atoms with Crippen molar-refractivity contribution < 1.29 is 12.8 Å². The van der Waals surface area contributed by atoms with Gasteiger partial charge in [-0.3, -0.25) is 0 Å². The third kappa shape index (κ3) is 3.35. The van der Waals surface area contributed by atoms with Crippen LogP contribution in [-0.2, 0) is 15.9 Å². The summed E-state index contributed by atoms with van der Waals surface area (Å²) in [5, 5.41) is 0. The largest absolute Gasteiger partial charge is 0.465 e. The van der Waals surface area contributed by atoms with E-state index in [1.807, 2.05) is 13.2 Å². The molecule has 0 saturated heterocycles. The predicted octanol–water partition coefficient (Wildman–Crippen LogP) is 3.40. The molecule has 0 bridgehead atoms. The molecule has 1 atom stereocenters. The van der Waals surface area contributed by atoms with Crippen LogP contribution in [0.1, 0.15) is 30.4 Å². The quantitative estimate of drug-likeness (QED) is 0.714. The Morgan fingerprint density at radius 3 is 2.40 bits per heavy atom. The number of halogens is 1. The second kappa shape index (κ2) is 7.20. The molecule has 1 rings (SSSR count). The number of hydrogen-bond donors (Lipinski definition) is 0. The Kier molecular flexibility index (Phi) is 6.44. The van der Waals surface area contributed by atoms with Gasteiger partial charge in [0.25, 0.3) is 0 Å². The highest BCUT2D eigenvalue weighted by Gasteiger charge is 2.33. The summed E-state index contributed by atoms with van der Waals surface area (Å²) in [6, 6.07) is -0.0345. The van der Waals surface area contributed by atoms with Gasteiger partial charge < -0.3 is 4.42 Å². The van der Waals surface area contributed by atoms with Crippen LogP contribution >= 0.6 is 23.4 Å². The molecule has 1 unspecified atom stereocenters. The first kappa shape index (κ1) is 17.9. The maximum Gasteiger partial charge on any atom is 0.246 e. The molecule has 4 nitrogen and oxygen atoms in total. The van der Waals surface area contributed by atoms with Crippen LogP contribution in [0.3, 0.4) is 0 Å². The van der Waals surface area contributed by atoms with Crippen molar-refractivity contribution in [3.05, 3.63) is 17.1 Å². The zero-order valence-electron chi connectivity index (χ0n) is 12.6. The van der Waals surface area contributed by atoms with E-state index in [-0.39, 0.29) is 16.8 Å². The highest BCUT2D eigenvalue weighted by atomic mass is 35.5. The Balaban J connectivity index is 3.29. The minimum Gasteiger partial charge on any atom is -0.465 e. The molecule has 0 fully saturated rings. The Bertz CT molecular complexity index is 554. The van der Waals surface area contributed by atoms with E-state index in [1.165, 1.54) is 4.31 Å². The Labute approximate surface area is 130 Å². The summed E-state index contributed by atoms with van der Waals surface area (Å²) in [7, 11) is -1.96. The zero-order valence-corrected chi connectivity index (χ0v) is 15.0. The minimum absolute atomic E-state index is 0.0345. The van der Waals surface area contributed by atoms with E-state index in [2.05, 4.69) is 0 Å². The van der Waals surface area contributed by atoms with Gasteiger partial charge in [0.2, 0.25) is 10.0 Å². The summed E-state index contributed by atoms with van der Waals surface area (Å²) >= 11 is 7.53. The van der Waals surface area contributed by atoms with Crippen LogP contribution in [0, 0.1) is 13.8 Å². The number of furan rings is 1. The van der Waals surface area contributed by atoms with Gasteiger partial charge in [-0.25, -0.2) is 8.42 Å². The van der Waals surface area contributed by atoms with Crippen molar-refractivity contribution >= 4 is 33.4 Å². The summed E-state index contributed by atoms with van der Waals surface area (Å²) in [5.74, 6) is 1.87. The Morgan fingerprint density at radius 2 is 1.95 bits per heavy atom. The van der Waals surface area contributed by atoms with Crippen molar-refractivity contribution in [2.75, 3.05) is 19.1 Å². The smallest absolute Gasteiger partial charge is 0.246 e. The monoisotopic (exact) mass is 339 g/mol. The molecule has 1 aromatic heterocycles. The van der Waals surface area contributed by atoms with E-state index in [9.17, 15) is 8.42 Å². The van der Waals surface area contributed by atoms with Gasteiger partial charge in [-0.05, 0) is 26.5 Å². The molecule has 0 radical (unpaired) electrons. The number of aryl methyl sites for hydroxylation is 2. The molecule has 0 spiro atoms. The number of rotatable bonds is 7. The average Bonchev–Trinajstić information content (AvgIpc) is 2.69. The molecule has 0 saturated carbocycles. The zero-order chi connectivity index (χ0) is 15.5. The van der Waals surface area contributed by atoms with Gasteiger partial charge in [-0.1, -0.05) is 6.92 Å². The number of thioether (sulfide) groups is 1. The molecule has 0 amide bonds. The second-order valence-corrected chi connectivity index (χ2v) is 7.81. The van der Waals surface area contributed by atoms with Gasteiger partial charge in [0.1, 0.15) is 16.4 Å². The lowest BCUT2D eigenvalue weighted by atomic mass is 10.3. The SMILES string of the molecule is CCC(CSC)N(C)S(=O)(=O)c1c(C)oc(C)c1CCl. The highest BCUT2D eigenvalue weighted by molar-refractivity contribution is 7.98. The fourth-order valence-corrected chi connectivity index (χ4v) is 5.39. The standard InChI is InChI=1S/C13H22ClNO3S2/c1-6-11(8-19-5)15(4)20(16,17)13-10(3)18-9(2)12(13)7-14/h11H,6-8H2,1-5H3. The van der Waals surface area contributed by atoms with Gasteiger partial charge in [0.05, 0.1) is 5.88 Å². The van der Waals surface area contributed by atoms with E-state index < -0.39 is 10.0 Å². The number of alkyl halides is 1. The third-order valence-corrected chi connectivity index (χ3v) is 6.53. The van der Waals surface area contributed by atoms with Gasteiger partial charge in [-0.2, -0.15) is 16.1 Å². The van der Waals surface area contributed by atoms with E-state index in [1.54, 1.807) is 32.7 Å². The van der Waals surface area contributed by atoms with Crippen molar-refractivity contribution in [2.45, 2.75) is 44.0 Å². The fraction of sp³-hybridized carbons (Fsp3) is 0.692. The maximum atomic E-state index is 12.8. The average molecular weight is 340 g/mol. The molecule has 1 aromatic rings. The molecular formula is C13H22ClNO3S2. The molecule has 7 heteroatoms. The lowest BCUT2D eigenvalue weighted by Crippen LogP contribution is -2.38. The van der Waals surface area contributed by atoms with Crippen LogP contribution < -0.4 is 0 Å². The first-order chi connectivity index (χ1) is 9.31. The number of sulfonamides is 1. The predicted molar refractivity (Wildman–Crippen MR) is 85.1 cm³/mol. The fourth-order valence-electron chi connectivity index (χ4n) is 2.21. The number of hydrogen-bond acceptors (Lipinski definition) is 4. The second-order valence-electron chi connectivity index (χ2n) is 4.69. The van der Waals surface area contributed by atoms with Crippen molar-refractivity contribution in [1.29, 1.82) is 0 Å². The lowest BCUT2D eigenvalue weighted by molar-refractivity contribution is 0.384. The number of nitrogens with zero attached hydrogens (tertiary/aromatic N) is 1. The summed E-state index contributed by atoms with van der Waals surface area (Å²) < 4.78 is 32.5. The van der Waals surface area contributed by atoms with Crippen molar-refractivity contribution in [3.8, 4) is 0 Å². The van der Waals surface area contributed by atoms with Gasteiger partial charge in [0, 0.05) is 24.4 Å². The molecular weight excluding hydrogens is 318 g/mol. The van der Waals surface area contributed by atoms with Crippen LogP contribution in [0.4, 0.5) is 0 Å². The lowest BCUT2D eigenvalue weighted by Gasteiger charge is -2.26. The summed E-state index contributed by atoms with van der Waals surface area (Å²) in [5.41, 5.74) is 0.565. The van der Waals surface area contributed by atoms with Gasteiger partial charge >= 0.3 is 0 Å². The molecule has 116 valence electrons. The van der Waals surface area contributed by atoms with Gasteiger partial charge in [0.15, 0.2) is 0 Å². The van der Waals surface area contributed by atoms with E-state index in [0.29, 0.717) is 17.1 Å². The summed E-state index contributed by atoms with van der Waals surface area (Å²) in [4.78, 5) is 0.229.